The van der Waals surface area contributed by atoms with Gasteiger partial charge >= 0.3 is 5.97 Å². The van der Waals surface area contributed by atoms with Crippen LogP contribution in [0.5, 0.6) is 0 Å². The van der Waals surface area contributed by atoms with Crippen molar-refractivity contribution in [1.29, 1.82) is 0 Å². The smallest absolute Gasteiger partial charge is 0.338 e. The normalized spacial score (nSPS) is 11.9. The molecule has 29 heavy (non-hydrogen) atoms. The van der Waals surface area contributed by atoms with Gasteiger partial charge in [0.05, 0.1) is 5.56 Å². The summed E-state index contributed by atoms with van der Waals surface area (Å²) in [5.41, 5.74) is 1.07. The Hall–Kier alpha value is -2.96. The minimum Gasteiger partial charge on any atom is -0.456 e. The third-order valence-corrected chi connectivity index (χ3v) is 5.11. The molecule has 0 aliphatic heterocycles. The van der Waals surface area contributed by atoms with Crippen LogP contribution in [0, 0.1) is 0 Å². The molecule has 0 heterocycles. The quantitative estimate of drug-likeness (QED) is 0.471. The second kappa shape index (κ2) is 7.81. The number of esters is 1. The van der Waals surface area contributed by atoms with Crippen LogP contribution in [0.1, 0.15) is 31.1 Å². The van der Waals surface area contributed by atoms with E-state index in [1.165, 1.54) is 12.1 Å². The molecule has 1 N–H and O–H groups in total. The number of hydrogen-bond donors (Lipinski definition) is 1. The van der Waals surface area contributed by atoms with Crippen molar-refractivity contribution in [2.45, 2.75) is 31.3 Å². The Morgan fingerprint density at radius 3 is 1.59 bits per heavy atom. The second-order valence-corrected chi connectivity index (χ2v) is 8.97. The minimum atomic E-state index is -4.59. The zero-order chi connectivity index (χ0) is 21.2. The lowest BCUT2D eigenvalue weighted by molar-refractivity contribution is 0.00694. The van der Waals surface area contributed by atoms with Crippen molar-refractivity contribution < 1.29 is 22.5 Å². The SMILES string of the molecule is CC(C)(C)OC(=O)c1cc(-c2ccccc2)c(S(=O)(=O)O)c(-c2ccccc2)c1. The zero-order valence-corrected chi connectivity index (χ0v) is 17.2. The van der Waals surface area contributed by atoms with Gasteiger partial charge in [-0.15, -0.1) is 0 Å². The predicted octanol–water partition coefficient (Wildman–Crippen LogP) is 5.22. The molecule has 5 nitrogen and oxygen atoms in total. The fraction of sp³-hybridized carbons (Fsp3) is 0.174. The molecule has 0 bridgehead atoms. The van der Waals surface area contributed by atoms with Crippen LogP contribution in [-0.4, -0.2) is 24.5 Å². The highest BCUT2D eigenvalue weighted by molar-refractivity contribution is 7.86. The van der Waals surface area contributed by atoms with Gasteiger partial charge in [-0.05, 0) is 44.0 Å². The van der Waals surface area contributed by atoms with E-state index in [1.54, 1.807) is 81.4 Å². The van der Waals surface area contributed by atoms with Gasteiger partial charge in [-0.2, -0.15) is 8.42 Å². The lowest BCUT2D eigenvalue weighted by atomic mass is 9.95. The number of rotatable bonds is 4. The van der Waals surface area contributed by atoms with Crippen LogP contribution in [-0.2, 0) is 14.9 Å². The van der Waals surface area contributed by atoms with E-state index in [9.17, 15) is 17.8 Å². The summed E-state index contributed by atoms with van der Waals surface area (Å²) < 4.78 is 40.3. The van der Waals surface area contributed by atoms with E-state index in [0.717, 1.165) is 0 Å². The van der Waals surface area contributed by atoms with Crippen LogP contribution in [0.15, 0.2) is 77.7 Å². The summed E-state index contributed by atoms with van der Waals surface area (Å²) in [6.07, 6.45) is 0. The van der Waals surface area contributed by atoms with Crippen molar-refractivity contribution >= 4 is 16.1 Å². The molecule has 150 valence electrons. The molecular formula is C23H22O5S. The van der Waals surface area contributed by atoms with Crippen LogP contribution in [0.2, 0.25) is 0 Å². The summed E-state index contributed by atoms with van der Waals surface area (Å²) in [6.45, 7) is 5.27. The van der Waals surface area contributed by atoms with E-state index in [-0.39, 0.29) is 21.6 Å². The van der Waals surface area contributed by atoms with Crippen LogP contribution >= 0.6 is 0 Å². The average Bonchev–Trinajstić information content (AvgIpc) is 2.66. The van der Waals surface area contributed by atoms with Gasteiger partial charge in [0.2, 0.25) is 0 Å². The Labute approximate surface area is 170 Å². The number of carbonyl (C=O) groups excluding carboxylic acids is 1. The maximum atomic E-state index is 12.8. The van der Waals surface area contributed by atoms with Crippen LogP contribution in [0.25, 0.3) is 22.3 Å². The van der Waals surface area contributed by atoms with Crippen molar-refractivity contribution in [2.75, 3.05) is 0 Å². The lowest BCUT2D eigenvalue weighted by Gasteiger charge is -2.21. The first kappa shape index (κ1) is 20.8. The second-order valence-electron chi connectivity index (χ2n) is 7.61. The van der Waals surface area contributed by atoms with Gasteiger partial charge in [-0.3, -0.25) is 4.55 Å². The molecule has 0 saturated heterocycles. The van der Waals surface area contributed by atoms with E-state index in [0.29, 0.717) is 11.1 Å². The molecule has 0 spiro atoms. The Bertz CT molecular complexity index is 1070. The topological polar surface area (TPSA) is 80.7 Å². The molecule has 0 unspecified atom stereocenters. The summed E-state index contributed by atoms with van der Waals surface area (Å²) in [5.74, 6) is -0.575. The maximum Gasteiger partial charge on any atom is 0.338 e. The van der Waals surface area contributed by atoms with Crippen LogP contribution < -0.4 is 0 Å². The van der Waals surface area contributed by atoms with Crippen molar-refractivity contribution in [1.82, 2.24) is 0 Å². The Balaban J connectivity index is 2.36. The molecule has 0 aliphatic carbocycles. The summed E-state index contributed by atoms with van der Waals surface area (Å²) in [5, 5.41) is 0. The molecule has 0 fully saturated rings. The largest absolute Gasteiger partial charge is 0.456 e. The van der Waals surface area contributed by atoms with E-state index in [4.69, 9.17) is 4.74 Å². The predicted molar refractivity (Wildman–Crippen MR) is 112 cm³/mol. The third-order valence-electron chi connectivity index (χ3n) is 4.15. The monoisotopic (exact) mass is 410 g/mol. The van der Waals surface area contributed by atoms with Crippen LogP contribution in [0.3, 0.4) is 0 Å². The Kier molecular flexibility index (Phi) is 5.59. The summed E-state index contributed by atoms with van der Waals surface area (Å²) >= 11 is 0. The summed E-state index contributed by atoms with van der Waals surface area (Å²) in [4.78, 5) is 12.5. The van der Waals surface area contributed by atoms with E-state index in [1.807, 2.05) is 0 Å². The highest BCUT2D eigenvalue weighted by Gasteiger charge is 2.26. The van der Waals surface area contributed by atoms with Gasteiger partial charge < -0.3 is 4.74 Å². The van der Waals surface area contributed by atoms with Gasteiger partial charge in [0.15, 0.2) is 0 Å². The highest BCUT2D eigenvalue weighted by atomic mass is 32.2. The minimum absolute atomic E-state index is 0.199. The highest BCUT2D eigenvalue weighted by Crippen LogP contribution is 2.37. The van der Waals surface area contributed by atoms with Crippen molar-refractivity contribution in [3.05, 3.63) is 78.4 Å². The first-order valence-electron chi connectivity index (χ1n) is 9.06. The molecule has 0 amide bonds. The van der Waals surface area contributed by atoms with Crippen molar-refractivity contribution in [2.24, 2.45) is 0 Å². The zero-order valence-electron chi connectivity index (χ0n) is 16.4. The molecule has 0 aliphatic rings. The average molecular weight is 410 g/mol. The fourth-order valence-corrected chi connectivity index (χ4v) is 3.94. The maximum absolute atomic E-state index is 12.8. The molecule has 0 radical (unpaired) electrons. The standard InChI is InChI=1S/C23H22O5S/c1-23(2,3)28-22(24)18-14-19(16-10-6-4-7-11-16)21(29(25,26)27)20(15-18)17-12-8-5-9-13-17/h4-15H,1-3H3,(H,25,26,27). The molecule has 3 aromatic carbocycles. The Morgan fingerprint density at radius 2 is 1.24 bits per heavy atom. The van der Waals surface area contributed by atoms with E-state index in [2.05, 4.69) is 0 Å². The molecule has 0 saturated carbocycles. The molecule has 6 heteroatoms. The molecular weight excluding hydrogens is 388 g/mol. The summed E-state index contributed by atoms with van der Waals surface area (Å²) in [6, 6.07) is 20.4. The van der Waals surface area contributed by atoms with Crippen LogP contribution in [0.4, 0.5) is 0 Å². The van der Waals surface area contributed by atoms with Gasteiger partial charge in [-0.25, -0.2) is 4.79 Å². The number of carbonyl (C=O) groups is 1. The van der Waals surface area contributed by atoms with E-state index >= 15 is 0 Å². The summed E-state index contributed by atoms with van der Waals surface area (Å²) in [7, 11) is -4.59. The number of hydrogen-bond acceptors (Lipinski definition) is 4. The molecule has 0 aromatic heterocycles. The fourth-order valence-electron chi connectivity index (χ4n) is 3.03. The Morgan fingerprint density at radius 1 is 0.828 bits per heavy atom. The third kappa shape index (κ3) is 4.91. The molecule has 0 atom stereocenters. The van der Waals surface area contributed by atoms with Crippen molar-refractivity contribution in [3.8, 4) is 22.3 Å². The first-order valence-corrected chi connectivity index (χ1v) is 10.5. The lowest BCUT2D eigenvalue weighted by Crippen LogP contribution is -2.24. The van der Waals surface area contributed by atoms with Crippen molar-refractivity contribution in [3.63, 3.8) is 0 Å². The van der Waals surface area contributed by atoms with Gasteiger partial charge in [-0.1, -0.05) is 60.7 Å². The molecule has 3 rings (SSSR count). The van der Waals surface area contributed by atoms with Gasteiger partial charge in [0.1, 0.15) is 10.5 Å². The van der Waals surface area contributed by atoms with Gasteiger partial charge in [0.25, 0.3) is 10.1 Å². The first-order chi connectivity index (χ1) is 13.6. The number of benzene rings is 3. The number of ether oxygens (including phenoxy) is 1. The molecule has 3 aromatic rings. The van der Waals surface area contributed by atoms with Gasteiger partial charge in [0, 0.05) is 11.1 Å². The van der Waals surface area contributed by atoms with E-state index < -0.39 is 21.7 Å².